The zero-order valence-electron chi connectivity index (χ0n) is 19.6. The second kappa shape index (κ2) is 9.55. The molecule has 0 bridgehead atoms. The molecule has 0 aliphatic carbocycles. The van der Waals surface area contributed by atoms with Crippen LogP contribution < -0.4 is 15.1 Å². The van der Waals surface area contributed by atoms with E-state index in [1.54, 1.807) is 6.20 Å². The number of aryl methyl sites for hydroxylation is 1. The minimum atomic E-state index is -0.0392. The Balaban J connectivity index is 1.21. The zero-order valence-corrected chi connectivity index (χ0v) is 19.6. The minimum absolute atomic E-state index is 0.0392. The van der Waals surface area contributed by atoms with E-state index in [0.717, 1.165) is 60.7 Å². The third kappa shape index (κ3) is 4.55. The number of aromatic nitrogens is 2. The van der Waals surface area contributed by atoms with Gasteiger partial charge in [0.25, 0.3) is 0 Å². The number of fused-ring (bicyclic) bond motifs is 1. The Hall–Kier alpha value is -3.25. The summed E-state index contributed by atoms with van der Waals surface area (Å²) in [5.74, 6) is 0. The van der Waals surface area contributed by atoms with Crippen molar-refractivity contribution in [3.05, 3.63) is 59.5 Å². The monoisotopic (exact) mass is 458 g/mol. The summed E-state index contributed by atoms with van der Waals surface area (Å²) in [6.07, 6.45) is 1.92. The molecule has 2 N–H and O–H groups in total. The van der Waals surface area contributed by atoms with Crippen molar-refractivity contribution in [3.63, 3.8) is 0 Å². The van der Waals surface area contributed by atoms with Crippen LogP contribution in [-0.4, -0.2) is 66.0 Å². The van der Waals surface area contributed by atoms with Crippen molar-refractivity contribution >= 4 is 22.3 Å². The number of anilines is 2. The van der Waals surface area contributed by atoms with E-state index in [2.05, 4.69) is 44.1 Å². The summed E-state index contributed by atoms with van der Waals surface area (Å²) >= 11 is 0. The van der Waals surface area contributed by atoms with Crippen molar-refractivity contribution in [1.82, 2.24) is 15.3 Å². The lowest BCUT2D eigenvalue weighted by atomic mass is 10.1. The van der Waals surface area contributed by atoms with Crippen LogP contribution in [0.4, 0.5) is 11.4 Å². The van der Waals surface area contributed by atoms with Gasteiger partial charge in [0, 0.05) is 67.4 Å². The quantitative estimate of drug-likeness (QED) is 0.581. The predicted molar refractivity (Wildman–Crippen MR) is 132 cm³/mol. The van der Waals surface area contributed by atoms with E-state index in [0.29, 0.717) is 17.3 Å². The van der Waals surface area contributed by atoms with Crippen LogP contribution in [0.15, 0.2) is 42.6 Å². The van der Waals surface area contributed by atoms with Crippen LogP contribution in [0.25, 0.3) is 10.9 Å². The highest BCUT2D eigenvalue weighted by Crippen LogP contribution is 2.30. The Morgan fingerprint density at radius 2 is 2.03 bits per heavy atom. The summed E-state index contributed by atoms with van der Waals surface area (Å²) in [5, 5.41) is 23.5. The SMILES string of the molecule is Cc1cc(N2CC(NC[C@H]3CN(c4ccc(C#N)c5ncccc45)C[C@@H](C)O3)C2)cc(CO)n1. The first kappa shape index (κ1) is 22.5. The van der Waals surface area contributed by atoms with E-state index < -0.39 is 0 Å². The average molecular weight is 459 g/mol. The van der Waals surface area contributed by atoms with Crippen molar-refractivity contribution < 1.29 is 9.84 Å². The molecule has 2 atom stereocenters. The number of nitriles is 1. The molecule has 0 amide bonds. The topological polar surface area (TPSA) is 97.5 Å². The highest BCUT2D eigenvalue weighted by atomic mass is 16.5. The number of aliphatic hydroxyl groups excluding tert-OH is 1. The van der Waals surface area contributed by atoms with Crippen molar-refractivity contribution in [2.75, 3.05) is 42.5 Å². The van der Waals surface area contributed by atoms with Crippen LogP contribution >= 0.6 is 0 Å². The molecule has 1 aromatic carbocycles. The molecule has 4 heterocycles. The Kier molecular flexibility index (Phi) is 6.33. The van der Waals surface area contributed by atoms with Crippen molar-refractivity contribution in [2.45, 2.75) is 38.7 Å². The first-order valence-corrected chi connectivity index (χ1v) is 11.8. The van der Waals surface area contributed by atoms with E-state index in [1.165, 1.54) is 0 Å². The van der Waals surface area contributed by atoms with Crippen LogP contribution in [0.5, 0.6) is 0 Å². The third-order valence-corrected chi connectivity index (χ3v) is 6.57. The molecule has 2 aromatic heterocycles. The van der Waals surface area contributed by atoms with Gasteiger partial charge in [0.2, 0.25) is 0 Å². The van der Waals surface area contributed by atoms with Crippen molar-refractivity contribution in [2.24, 2.45) is 0 Å². The summed E-state index contributed by atoms with van der Waals surface area (Å²) in [6, 6.07) is 14.5. The fraction of sp³-hybridized carbons (Fsp3) is 0.423. The van der Waals surface area contributed by atoms with Gasteiger partial charge >= 0.3 is 0 Å². The first-order valence-electron chi connectivity index (χ1n) is 11.8. The molecule has 8 nitrogen and oxygen atoms in total. The lowest BCUT2D eigenvalue weighted by Crippen LogP contribution is -2.60. The number of ether oxygens (including phenoxy) is 1. The molecule has 8 heteroatoms. The maximum absolute atomic E-state index is 9.45. The zero-order chi connectivity index (χ0) is 23.7. The van der Waals surface area contributed by atoms with E-state index in [9.17, 15) is 10.4 Å². The lowest BCUT2D eigenvalue weighted by Gasteiger charge is -2.43. The van der Waals surface area contributed by atoms with E-state index in [1.807, 2.05) is 37.3 Å². The van der Waals surface area contributed by atoms with E-state index in [4.69, 9.17) is 4.74 Å². The summed E-state index contributed by atoms with van der Waals surface area (Å²) < 4.78 is 6.25. The molecule has 0 radical (unpaired) electrons. The Morgan fingerprint density at radius 3 is 2.82 bits per heavy atom. The van der Waals surface area contributed by atoms with Gasteiger partial charge in [-0.2, -0.15) is 5.26 Å². The van der Waals surface area contributed by atoms with Gasteiger partial charge in [-0.15, -0.1) is 0 Å². The number of rotatable bonds is 6. The summed E-state index contributed by atoms with van der Waals surface area (Å²) in [6.45, 7) is 8.24. The van der Waals surface area contributed by atoms with E-state index in [-0.39, 0.29) is 18.8 Å². The largest absolute Gasteiger partial charge is 0.390 e. The molecule has 2 aliphatic heterocycles. The fourth-order valence-electron chi connectivity index (χ4n) is 4.98. The minimum Gasteiger partial charge on any atom is -0.390 e. The highest BCUT2D eigenvalue weighted by Gasteiger charge is 2.31. The summed E-state index contributed by atoms with van der Waals surface area (Å²) in [5.41, 5.74) is 5.20. The normalized spacial score (nSPS) is 20.9. The summed E-state index contributed by atoms with van der Waals surface area (Å²) in [7, 11) is 0. The van der Waals surface area contributed by atoms with Gasteiger partial charge in [-0.1, -0.05) is 0 Å². The lowest BCUT2D eigenvalue weighted by molar-refractivity contribution is -0.0161. The molecule has 3 aromatic rings. The fourth-order valence-corrected chi connectivity index (χ4v) is 4.98. The highest BCUT2D eigenvalue weighted by molar-refractivity contribution is 5.95. The third-order valence-electron chi connectivity index (χ3n) is 6.57. The second-order valence-corrected chi connectivity index (χ2v) is 9.24. The molecule has 176 valence electrons. The molecule has 0 spiro atoms. The second-order valence-electron chi connectivity index (χ2n) is 9.24. The average Bonchev–Trinajstić information content (AvgIpc) is 2.81. The van der Waals surface area contributed by atoms with Crippen LogP contribution in [0.3, 0.4) is 0 Å². The van der Waals surface area contributed by atoms with Crippen LogP contribution in [-0.2, 0) is 11.3 Å². The Labute approximate surface area is 199 Å². The molecular formula is C26H30N6O2. The van der Waals surface area contributed by atoms with Gasteiger partial charge in [-0.25, -0.2) is 0 Å². The van der Waals surface area contributed by atoms with Gasteiger partial charge < -0.3 is 25.0 Å². The number of hydrogen-bond acceptors (Lipinski definition) is 8. The molecule has 5 rings (SSSR count). The maximum Gasteiger partial charge on any atom is 0.101 e. The Bertz CT molecular complexity index is 1220. The summed E-state index contributed by atoms with van der Waals surface area (Å²) in [4.78, 5) is 13.5. The number of pyridine rings is 2. The molecule has 34 heavy (non-hydrogen) atoms. The molecule has 0 saturated carbocycles. The number of morpholine rings is 1. The van der Waals surface area contributed by atoms with Crippen LogP contribution in [0.1, 0.15) is 23.9 Å². The van der Waals surface area contributed by atoms with E-state index >= 15 is 0 Å². The molecule has 2 fully saturated rings. The number of aliphatic hydroxyl groups is 1. The molecule has 2 aliphatic rings. The van der Waals surface area contributed by atoms with Crippen LogP contribution in [0.2, 0.25) is 0 Å². The predicted octanol–water partition coefficient (Wildman–Crippen LogP) is 2.37. The van der Waals surface area contributed by atoms with Crippen LogP contribution in [0, 0.1) is 18.3 Å². The van der Waals surface area contributed by atoms with Crippen molar-refractivity contribution in [1.29, 1.82) is 5.26 Å². The number of nitrogens with one attached hydrogen (secondary N) is 1. The molecule has 0 unspecified atom stereocenters. The maximum atomic E-state index is 9.45. The first-order chi connectivity index (χ1) is 16.5. The van der Waals surface area contributed by atoms with Gasteiger partial charge in [0.15, 0.2) is 0 Å². The number of hydrogen-bond donors (Lipinski definition) is 2. The van der Waals surface area contributed by atoms with Crippen molar-refractivity contribution in [3.8, 4) is 6.07 Å². The standard InChI is InChI=1S/C26H30N6O2/c1-17-8-22(9-20(16-33)30-17)31-13-21(14-31)29-11-23-15-32(12-18(2)34-23)25-6-5-19(10-27)26-24(25)4-3-7-28-26/h3-9,18,21,23,29,33H,11-16H2,1-2H3/t18-,23+/m1/s1. The van der Waals surface area contributed by atoms with Gasteiger partial charge in [0.1, 0.15) is 6.07 Å². The van der Waals surface area contributed by atoms with Gasteiger partial charge in [-0.05, 0) is 50.2 Å². The Morgan fingerprint density at radius 1 is 1.18 bits per heavy atom. The molecular weight excluding hydrogens is 428 g/mol. The smallest absolute Gasteiger partial charge is 0.101 e. The number of nitrogens with zero attached hydrogens (tertiary/aromatic N) is 5. The molecule has 2 saturated heterocycles. The number of benzene rings is 1. The van der Waals surface area contributed by atoms with Gasteiger partial charge in [0.05, 0.1) is 35.6 Å². The van der Waals surface area contributed by atoms with Gasteiger partial charge in [-0.3, -0.25) is 9.97 Å².